The number of nitrogens with zero attached hydrogens (tertiary/aromatic N) is 1. The first-order valence-electron chi connectivity index (χ1n) is 8.96. The highest BCUT2D eigenvalue weighted by atomic mass is 16.7. The van der Waals surface area contributed by atoms with Gasteiger partial charge in [-0.2, -0.15) is 0 Å². The largest absolute Gasteiger partial charge is 0.494 e. The Balaban J connectivity index is 1.73. The zero-order chi connectivity index (χ0) is 18.2. The van der Waals surface area contributed by atoms with Crippen LogP contribution in [-0.2, 0) is 24.3 Å². The molecule has 3 heterocycles. The summed E-state index contributed by atoms with van der Waals surface area (Å²) in [7, 11) is -0.423. The highest BCUT2D eigenvalue weighted by molar-refractivity contribution is 6.62. The van der Waals surface area contributed by atoms with Crippen molar-refractivity contribution in [2.75, 3.05) is 18.1 Å². The molecule has 134 valence electrons. The van der Waals surface area contributed by atoms with Crippen molar-refractivity contribution in [3.8, 4) is 0 Å². The van der Waals surface area contributed by atoms with Gasteiger partial charge in [0.1, 0.15) is 0 Å². The van der Waals surface area contributed by atoms with Gasteiger partial charge in [0.15, 0.2) is 0 Å². The van der Waals surface area contributed by atoms with Crippen LogP contribution in [0.15, 0.2) is 18.2 Å². The van der Waals surface area contributed by atoms with Crippen molar-refractivity contribution in [1.82, 2.24) is 0 Å². The highest BCUT2D eigenvalue weighted by Crippen LogP contribution is 2.43. The maximum atomic E-state index is 13.0. The van der Waals surface area contributed by atoms with E-state index >= 15 is 0 Å². The number of carbonyl (C=O) groups excluding carboxylic acids is 1. The van der Waals surface area contributed by atoms with E-state index in [-0.39, 0.29) is 23.2 Å². The lowest BCUT2D eigenvalue weighted by Crippen LogP contribution is -2.53. The van der Waals surface area contributed by atoms with Crippen LogP contribution in [0.3, 0.4) is 0 Å². The summed E-state index contributed by atoms with van der Waals surface area (Å²) in [5, 5.41) is 0. The monoisotopic (exact) mass is 343 g/mol. The molecule has 0 bridgehead atoms. The molecule has 1 aromatic rings. The Labute approximate surface area is 149 Å². The van der Waals surface area contributed by atoms with Gasteiger partial charge in [0, 0.05) is 5.69 Å². The van der Waals surface area contributed by atoms with Gasteiger partial charge in [0.05, 0.1) is 35.9 Å². The number of hydrogen-bond acceptors (Lipinski definition) is 4. The molecular formula is C19H26BNO4. The zero-order valence-electron chi connectivity index (χ0n) is 15.9. The molecule has 1 amide bonds. The summed E-state index contributed by atoms with van der Waals surface area (Å²) < 4.78 is 17.7. The van der Waals surface area contributed by atoms with E-state index in [1.54, 1.807) is 0 Å². The fourth-order valence-electron chi connectivity index (χ4n) is 3.66. The molecule has 0 aliphatic carbocycles. The maximum Gasteiger partial charge on any atom is 0.494 e. The lowest BCUT2D eigenvalue weighted by Gasteiger charge is -2.35. The van der Waals surface area contributed by atoms with Crippen LogP contribution in [0.2, 0.25) is 0 Å². The Hall–Kier alpha value is -1.37. The molecule has 5 nitrogen and oxygen atoms in total. The second kappa shape index (κ2) is 5.09. The number of benzene rings is 1. The van der Waals surface area contributed by atoms with Crippen LogP contribution >= 0.6 is 0 Å². The van der Waals surface area contributed by atoms with E-state index in [2.05, 4.69) is 6.07 Å². The molecule has 0 spiro atoms. The average Bonchev–Trinajstić information content (AvgIpc) is 2.79. The van der Waals surface area contributed by atoms with Gasteiger partial charge in [0.25, 0.3) is 0 Å². The predicted octanol–water partition coefficient (Wildman–Crippen LogP) is 2.01. The topological polar surface area (TPSA) is 48.0 Å². The number of fused-ring (bicyclic) bond motifs is 1. The molecule has 0 atom stereocenters. The van der Waals surface area contributed by atoms with Crippen LogP contribution < -0.4 is 10.4 Å². The minimum absolute atomic E-state index is 0.126. The predicted molar refractivity (Wildman–Crippen MR) is 97.3 cm³/mol. The first-order chi connectivity index (χ1) is 11.5. The smallest absolute Gasteiger partial charge is 0.399 e. The van der Waals surface area contributed by atoms with Crippen molar-refractivity contribution >= 4 is 24.2 Å². The minimum Gasteiger partial charge on any atom is -0.399 e. The van der Waals surface area contributed by atoms with Crippen molar-refractivity contribution in [2.24, 2.45) is 0 Å². The van der Waals surface area contributed by atoms with Crippen LogP contribution in [0.25, 0.3) is 0 Å². The van der Waals surface area contributed by atoms with Crippen molar-refractivity contribution in [1.29, 1.82) is 0 Å². The molecule has 0 saturated carbocycles. The van der Waals surface area contributed by atoms with Gasteiger partial charge in [-0.15, -0.1) is 0 Å². The molecule has 0 N–H and O–H groups in total. The summed E-state index contributed by atoms with van der Waals surface area (Å²) in [6.07, 6.45) is 0. The van der Waals surface area contributed by atoms with Gasteiger partial charge >= 0.3 is 7.12 Å². The van der Waals surface area contributed by atoms with Gasteiger partial charge in [-0.25, -0.2) is 0 Å². The standard InChI is InChI=1S/C19H26BNO4/c1-17(2)14-8-7-12(20-24-18(3,4)19(5,6)25-20)9-15(14)21(16(17)22)13-10-23-11-13/h7-9,13H,10-11H2,1-6H3. The minimum atomic E-state index is -0.514. The Morgan fingerprint density at radius 1 is 1.04 bits per heavy atom. The van der Waals surface area contributed by atoms with Crippen LogP contribution in [0.1, 0.15) is 47.1 Å². The van der Waals surface area contributed by atoms with E-state index in [1.807, 2.05) is 58.6 Å². The van der Waals surface area contributed by atoms with Crippen molar-refractivity contribution in [2.45, 2.75) is 64.2 Å². The number of ether oxygens (including phenoxy) is 1. The van der Waals surface area contributed by atoms with E-state index in [9.17, 15) is 4.79 Å². The lowest BCUT2D eigenvalue weighted by molar-refractivity contribution is -0.124. The normalized spacial score (nSPS) is 26.7. The SMILES string of the molecule is CC1(C)C(=O)N(C2COC2)c2cc(B3OC(C)(C)C(C)(C)O3)ccc21. The molecule has 1 aromatic carbocycles. The van der Waals surface area contributed by atoms with Crippen LogP contribution in [-0.4, -0.2) is 43.5 Å². The molecule has 25 heavy (non-hydrogen) atoms. The summed E-state index contributed by atoms with van der Waals surface area (Å²) in [6.45, 7) is 13.4. The number of rotatable bonds is 2. The highest BCUT2D eigenvalue weighted by Gasteiger charge is 2.53. The quantitative estimate of drug-likeness (QED) is 0.771. The molecule has 0 aromatic heterocycles. The summed E-state index contributed by atoms with van der Waals surface area (Å²) >= 11 is 0. The zero-order valence-corrected chi connectivity index (χ0v) is 15.9. The molecule has 3 aliphatic heterocycles. The Morgan fingerprint density at radius 3 is 2.16 bits per heavy atom. The molecule has 2 saturated heterocycles. The lowest BCUT2D eigenvalue weighted by atomic mass is 9.77. The molecule has 0 radical (unpaired) electrons. The summed E-state index contributed by atoms with van der Waals surface area (Å²) in [4.78, 5) is 14.9. The first-order valence-corrected chi connectivity index (χ1v) is 8.96. The number of carbonyl (C=O) groups is 1. The first kappa shape index (κ1) is 17.1. The van der Waals surface area contributed by atoms with Crippen LogP contribution in [0, 0.1) is 0 Å². The van der Waals surface area contributed by atoms with Crippen LogP contribution in [0.4, 0.5) is 5.69 Å². The molecule has 6 heteroatoms. The van der Waals surface area contributed by atoms with Gasteiger partial charge < -0.3 is 18.9 Å². The second-order valence-electron chi connectivity index (χ2n) is 8.86. The van der Waals surface area contributed by atoms with E-state index in [1.165, 1.54) is 0 Å². The summed E-state index contributed by atoms with van der Waals surface area (Å²) in [5.41, 5.74) is 1.70. The Kier molecular flexibility index (Phi) is 3.47. The summed E-state index contributed by atoms with van der Waals surface area (Å²) in [6, 6.07) is 6.26. The second-order valence-corrected chi connectivity index (χ2v) is 8.86. The molecular weight excluding hydrogens is 317 g/mol. The third-order valence-electron chi connectivity index (χ3n) is 6.22. The third-order valence-corrected chi connectivity index (χ3v) is 6.22. The van der Waals surface area contributed by atoms with E-state index < -0.39 is 12.5 Å². The molecule has 2 fully saturated rings. The van der Waals surface area contributed by atoms with Crippen LogP contribution in [0.5, 0.6) is 0 Å². The maximum absolute atomic E-state index is 13.0. The van der Waals surface area contributed by atoms with Gasteiger partial charge in [-0.1, -0.05) is 12.1 Å². The number of hydrogen-bond donors (Lipinski definition) is 0. The molecule has 0 unspecified atom stereocenters. The summed E-state index contributed by atoms with van der Waals surface area (Å²) in [5.74, 6) is 0.141. The van der Waals surface area contributed by atoms with E-state index in [4.69, 9.17) is 14.0 Å². The fourth-order valence-corrected chi connectivity index (χ4v) is 3.66. The van der Waals surface area contributed by atoms with E-state index in [0.717, 1.165) is 16.7 Å². The molecule has 4 rings (SSSR count). The fraction of sp³-hybridized carbons (Fsp3) is 0.632. The van der Waals surface area contributed by atoms with Gasteiger partial charge in [-0.05, 0) is 58.6 Å². The number of anilines is 1. The van der Waals surface area contributed by atoms with E-state index in [0.29, 0.717) is 13.2 Å². The number of amides is 1. The van der Waals surface area contributed by atoms with Crippen molar-refractivity contribution < 1.29 is 18.8 Å². The molecule has 3 aliphatic rings. The third kappa shape index (κ3) is 2.31. The Morgan fingerprint density at radius 2 is 1.64 bits per heavy atom. The van der Waals surface area contributed by atoms with Gasteiger partial charge in [0.2, 0.25) is 5.91 Å². The van der Waals surface area contributed by atoms with Crippen molar-refractivity contribution in [3.63, 3.8) is 0 Å². The average molecular weight is 343 g/mol. The van der Waals surface area contributed by atoms with Crippen molar-refractivity contribution in [3.05, 3.63) is 23.8 Å². The van der Waals surface area contributed by atoms with Gasteiger partial charge in [-0.3, -0.25) is 4.79 Å². The Bertz CT molecular complexity index is 723.